The van der Waals surface area contributed by atoms with Gasteiger partial charge in [0.15, 0.2) is 0 Å². The summed E-state index contributed by atoms with van der Waals surface area (Å²) < 4.78 is 10.8. The fourth-order valence-corrected chi connectivity index (χ4v) is 4.79. The molecule has 3 rings (SSSR count). The van der Waals surface area contributed by atoms with Crippen molar-refractivity contribution in [3.8, 4) is 0 Å². The summed E-state index contributed by atoms with van der Waals surface area (Å²) in [6.45, 7) is 6.51. The van der Waals surface area contributed by atoms with Gasteiger partial charge in [-0.1, -0.05) is 23.8 Å². The van der Waals surface area contributed by atoms with E-state index in [-0.39, 0.29) is 18.5 Å². The molecule has 1 N–H and O–H groups in total. The minimum atomic E-state index is -0.353. The Kier molecular flexibility index (Phi) is 6.86. The van der Waals surface area contributed by atoms with Gasteiger partial charge in [0.1, 0.15) is 11.6 Å². The van der Waals surface area contributed by atoms with Crippen LogP contribution in [0.25, 0.3) is 0 Å². The van der Waals surface area contributed by atoms with Crippen molar-refractivity contribution in [2.75, 3.05) is 18.5 Å². The van der Waals surface area contributed by atoms with Crippen LogP contribution in [0.15, 0.2) is 18.2 Å². The first-order valence-corrected chi connectivity index (χ1v) is 10.6. The van der Waals surface area contributed by atoms with Crippen LogP contribution in [-0.2, 0) is 33.7 Å². The van der Waals surface area contributed by atoms with Crippen molar-refractivity contribution < 1.29 is 19.1 Å². The second kappa shape index (κ2) is 9.34. The van der Waals surface area contributed by atoms with E-state index in [1.165, 1.54) is 21.8 Å². The molecule has 0 unspecified atom stereocenters. The molecule has 0 fully saturated rings. The summed E-state index contributed by atoms with van der Waals surface area (Å²) in [7, 11) is 0. The van der Waals surface area contributed by atoms with E-state index in [2.05, 4.69) is 11.4 Å². The van der Waals surface area contributed by atoms with Crippen molar-refractivity contribution in [2.45, 2.75) is 53.1 Å². The highest BCUT2D eigenvalue weighted by atomic mass is 32.1. The number of thiophene rings is 1. The van der Waals surface area contributed by atoms with Gasteiger partial charge < -0.3 is 14.8 Å². The summed E-state index contributed by atoms with van der Waals surface area (Å²) in [5.74, 6) is -0.609. The zero-order valence-electron chi connectivity index (χ0n) is 16.7. The zero-order chi connectivity index (χ0) is 20.1. The average Bonchev–Trinajstić information content (AvgIpc) is 3.01. The Hall–Kier alpha value is -2.18. The number of ether oxygens (including phenoxy) is 2. The fourth-order valence-electron chi connectivity index (χ4n) is 3.50. The number of carbonyl (C=O) groups is 2. The molecule has 6 heteroatoms. The molecule has 0 saturated heterocycles. The van der Waals surface area contributed by atoms with E-state index in [1.807, 2.05) is 26.0 Å². The van der Waals surface area contributed by atoms with Crippen molar-refractivity contribution >= 4 is 28.2 Å². The Bertz CT molecular complexity index is 872. The number of carbonyl (C=O) groups excluding carboxylic acids is 2. The Morgan fingerprint density at radius 3 is 2.71 bits per heavy atom. The smallest absolute Gasteiger partial charge is 0.341 e. The predicted molar refractivity (Wildman–Crippen MR) is 111 cm³/mol. The highest BCUT2D eigenvalue weighted by Gasteiger charge is 2.27. The van der Waals surface area contributed by atoms with E-state index < -0.39 is 0 Å². The maximum Gasteiger partial charge on any atom is 0.341 e. The zero-order valence-corrected chi connectivity index (χ0v) is 17.5. The number of anilines is 1. The number of aryl methyl sites for hydroxylation is 3. The summed E-state index contributed by atoms with van der Waals surface area (Å²) in [6.07, 6.45) is 3.98. The van der Waals surface area contributed by atoms with Crippen LogP contribution in [0.1, 0.15) is 57.3 Å². The molecule has 5 nitrogen and oxygen atoms in total. The molecule has 1 heterocycles. The lowest BCUT2D eigenvalue weighted by molar-refractivity contribution is -0.121. The van der Waals surface area contributed by atoms with Gasteiger partial charge in [0.2, 0.25) is 0 Å². The van der Waals surface area contributed by atoms with E-state index in [0.29, 0.717) is 23.8 Å². The van der Waals surface area contributed by atoms with Crippen LogP contribution in [0, 0.1) is 13.8 Å². The molecular weight excluding hydrogens is 374 g/mol. The van der Waals surface area contributed by atoms with Gasteiger partial charge in [0.05, 0.1) is 18.8 Å². The lowest BCUT2D eigenvalue weighted by atomic mass is 9.95. The summed E-state index contributed by atoms with van der Waals surface area (Å²) in [6, 6.07) is 6.16. The summed E-state index contributed by atoms with van der Waals surface area (Å²) in [5, 5.41) is 3.46. The highest BCUT2D eigenvalue weighted by molar-refractivity contribution is 7.17. The summed E-state index contributed by atoms with van der Waals surface area (Å²) in [4.78, 5) is 26.0. The van der Waals surface area contributed by atoms with E-state index in [9.17, 15) is 9.59 Å². The lowest BCUT2D eigenvalue weighted by Gasteiger charge is -2.12. The van der Waals surface area contributed by atoms with E-state index >= 15 is 0 Å². The number of fused-ring (bicyclic) bond motifs is 1. The first-order chi connectivity index (χ1) is 13.5. The second-order valence-corrected chi connectivity index (χ2v) is 8.21. The SMILES string of the molecule is CCOC(=O)c1c(NC(=O)COCc2ccc(C)cc2C)sc2c1CCCC2. The van der Waals surface area contributed by atoms with Crippen LogP contribution < -0.4 is 5.32 Å². The van der Waals surface area contributed by atoms with Gasteiger partial charge in [-0.3, -0.25) is 4.79 Å². The molecule has 0 spiro atoms. The van der Waals surface area contributed by atoms with Crippen molar-refractivity contribution in [3.05, 3.63) is 50.9 Å². The molecule has 1 aromatic carbocycles. The molecule has 2 aromatic rings. The number of rotatable bonds is 7. The van der Waals surface area contributed by atoms with E-state index in [1.54, 1.807) is 6.92 Å². The van der Waals surface area contributed by atoms with Gasteiger partial charge in [-0.25, -0.2) is 4.79 Å². The molecule has 1 amide bonds. The Balaban J connectivity index is 1.64. The Morgan fingerprint density at radius 1 is 1.18 bits per heavy atom. The molecule has 28 heavy (non-hydrogen) atoms. The molecule has 0 radical (unpaired) electrons. The normalized spacial score (nSPS) is 13.1. The van der Waals surface area contributed by atoms with Crippen LogP contribution in [0.3, 0.4) is 0 Å². The topological polar surface area (TPSA) is 64.6 Å². The van der Waals surface area contributed by atoms with Crippen molar-refractivity contribution in [1.82, 2.24) is 0 Å². The third-order valence-electron chi connectivity index (χ3n) is 4.89. The molecule has 0 bridgehead atoms. The van der Waals surface area contributed by atoms with Gasteiger partial charge in [0, 0.05) is 4.88 Å². The quantitative estimate of drug-likeness (QED) is 0.690. The number of hydrogen-bond acceptors (Lipinski definition) is 5. The molecule has 0 saturated carbocycles. The van der Waals surface area contributed by atoms with Gasteiger partial charge in [-0.15, -0.1) is 11.3 Å². The summed E-state index contributed by atoms with van der Waals surface area (Å²) in [5.41, 5.74) is 4.99. The van der Waals surface area contributed by atoms with Crippen LogP contribution in [0.4, 0.5) is 5.00 Å². The standard InChI is InChI=1S/C22H27NO4S/c1-4-27-22(25)20-17-7-5-6-8-18(17)28-21(20)23-19(24)13-26-12-16-10-9-14(2)11-15(16)3/h9-11H,4-8,12-13H2,1-3H3,(H,23,24). The van der Waals surface area contributed by atoms with Crippen molar-refractivity contribution in [3.63, 3.8) is 0 Å². The minimum absolute atomic E-state index is 0.0574. The van der Waals surface area contributed by atoms with Gasteiger partial charge >= 0.3 is 5.97 Å². The van der Waals surface area contributed by atoms with Gasteiger partial charge in [-0.05, 0) is 63.1 Å². The monoisotopic (exact) mass is 401 g/mol. The maximum absolute atomic E-state index is 12.4. The molecule has 0 aliphatic heterocycles. The van der Waals surface area contributed by atoms with Crippen molar-refractivity contribution in [2.24, 2.45) is 0 Å². The third-order valence-corrected chi connectivity index (χ3v) is 6.10. The maximum atomic E-state index is 12.4. The third kappa shape index (κ3) is 4.80. The highest BCUT2D eigenvalue weighted by Crippen LogP contribution is 2.38. The first-order valence-electron chi connectivity index (χ1n) is 9.75. The van der Waals surface area contributed by atoms with Gasteiger partial charge in [-0.2, -0.15) is 0 Å². The number of benzene rings is 1. The number of esters is 1. The van der Waals surface area contributed by atoms with Crippen molar-refractivity contribution in [1.29, 1.82) is 0 Å². The molecule has 1 aliphatic rings. The van der Waals surface area contributed by atoms with Crippen LogP contribution in [-0.4, -0.2) is 25.1 Å². The summed E-state index contributed by atoms with van der Waals surface area (Å²) >= 11 is 1.49. The van der Waals surface area contributed by atoms with Crippen LogP contribution >= 0.6 is 11.3 Å². The van der Waals surface area contributed by atoms with Gasteiger partial charge in [0.25, 0.3) is 5.91 Å². The van der Waals surface area contributed by atoms with Crippen LogP contribution in [0.5, 0.6) is 0 Å². The van der Waals surface area contributed by atoms with E-state index in [0.717, 1.165) is 42.4 Å². The number of amides is 1. The lowest BCUT2D eigenvalue weighted by Crippen LogP contribution is -2.20. The predicted octanol–water partition coefficient (Wildman–Crippen LogP) is 4.58. The molecule has 0 atom stereocenters. The van der Waals surface area contributed by atoms with Crippen LogP contribution in [0.2, 0.25) is 0 Å². The molecule has 1 aliphatic carbocycles. The fraction of sp³-hybridized carbons (Fsp3) is 0.455. The molecule has 1 aromatic heterocycles. The molecule has 150 valence electrons. The second-order valence-electron chi connectivity index (χ2n) is 7.11. The Morgan fingerprint density at radius 2 is 1.96 bits per heavy atom. The number of nitrogens with one attached hydrogen (secondary N) is 1. The Labute approximate surface area is 170 Å². The minimum Gasteiger partial charge on any atom is -0.462 e. The largest absolute Gasteiger partial charge is 0.462 e. The average molecular weight is 402 g/mol. The first kappa shape index (κ1) is 20.6. The molecular formula is C22H27NO4S. The van der Waals surface area contributed by atoms with E-state index in [4.69, 9.17) is 9.47 Å². The number of hydrogen-bond donors (Lipinski definition) is 1.